The largest absolute Gasteiger partial charge is 0.396 e. The number of aliphatic hydroxyl groups excluding tert-OH is 1. The Kier molecular flexibility index (Phi) is 4.42. The van der Waals surface area contributed by atoms with E-state index in [1.54, 1.807) is 0 Å². The van der Waals surface area contributed by atoms with E-state index in [4.69, 9.17) is 14.6 Å². The molecule has 0 aromatic rings. The predicted molar refractivity (Wildman–Crippen MR) is 57.5 cm³/mol. The van der Waals surface area contributed by atoms with Crippen molar-refractivity contribution in [2.24, 2.45) is 5.92 Å². The molecule has 1 N–H and O–H groups in total. The molecule has 2 aliphatic rings. The number of aliphatic hydroxyl groups is 1. The van der Waals surface area contributed by atoms with Gasteiger partial charge < -0.3 is 14.6 Å². The maximum Gasteiger partial charge on any atom is 0.157 e. The lowest BCUT2D eigenvalue weighted by Gasteiger charge is -2.32. The van der Waals surface area contributed by atoms with Crippen molar-refractivity contribution < 1.29 is 14.6 Å². The van der Waals surface area contributed by atoms with Crippen LogP contribution in [0.15, 0.2) is 0 Å². The molecule has 0 spiro atoms. The quantitative estimate of drug-likeness (QED) is 0.781. The third kappa shape index (κ3) is 3.44. The average Bonchev–Trinajstić information content (AvgIpc) is 2.31. The van der Waals surface area contributed by atoms with E-state index in [2.05, 4.69) is 0 Å². The van der Waals surface area contributed by atoms with Crippen molar-refractivity contribution in [2.75, 3.05) is 13.2 Å². The Morgan fingerprint density at radius 2 is 2.07 bits per heavy atom. The summed E-state index contributed by atoms with van der Waals surface area (Å²) in [4.78, 5) is 0. The zero-order valence-electron chi connectivity index (χ0n) is 9.36. The fourth-order valence-corrected chi connectivity index (χ4v) is 2.56. The van der Waals surface area contributed by atoms with Crippen LogP contribution in [0.3, 0.4) is 0 Å². The highest BCUT2D eigenvalue weighted by Crippen LogP contribution is 2.28. The molecule has 1 heterocycles. The van der Waals surface area contributed by atoms with E-state index >= 15 is 0 Å². The normalized spacial score (nSPS) is 37.8. The van der Waals surface area contributed by atoms with Gasteiger partial charge in [-0.05, 0) is 44.4 Å². The minimum Gasteiger partial charge on any atom is -0.396 e. The van der Waals surface area contributed by atoms with Crippen molar-refractivity contribution in [1.82, 2.24) is 0 Å². The minimum absolute atomic E-state index is 0.0289. The monoisotopic (exact) mass is 214 g/mol. The molecule has 3 atom stereocenters. The van der Waals surface area contributed by atoms with Crippen molar-refractivity contribution in [3.05, 3.63) is 0 Å². The summed E-state index contributed by atoms with van der Waals surface area (Å²) < 4.78 is 11.5. The molecular formula is C12H22O3. The Morgan fingerprint density at radius 1 is 1.13 bits per heavy atom. The topological polar surface area (TPSA) is 38.7 Å². The number of ether oxygens (including phenoxy) is 2. The van der Waals surface area contributed by atoms with Gasteiger partial charge in [-0.3, -0.25) is 0 Å². The molecule has 0 radical (unpaired) electrons. The second-order valence-electron chi connectivity index (χ2n) is 4.77. The molecule has 0 aromatic carbocycles. The van der Waals surface area contributed by atoms with Crippen molar-refractivity contribution in [2.45, 2.75) is 57.3 Å². The molecule has 15 heavy (non-hydrogen) atoms. The summed E-state index contributed by atoms with van der Waals surface area (Å²) in [5.41, 5.74) is 0. The third-order valence-electron chi connectivity index (χ3n) is 3.48. The maximum absolute atomic E-state index is 9.13. The molecule has 3 nitrogen and oxygen atoms in total. The molecule has 1 saturated carbocycles. The van der Waals surface area contributed by atoms with Crippen LogP contribution in [0.5, 0.6) is 0 Å². The van der Waals surface area contributed by atoms with Gasteiger partial charge in [-0.2, -0.15) is 0 Å². The van der Waals surface area contributed by atoms with Crippen LogP contribution in [0.1, 0.15) is 44.9 Å². The molecule has 1 aliphatic heterocycles. The maximum atomic E-state index is 9.13. The van der Waals surface area contributed by atoms with Crippen molar-refractivity contribution in [3.63, 3.8) is 0 Å². The van der Waals surface area contributed by atoms with Crippen LogP contribution in [0, 0.1) is 5.92 Å². The van der Waals surface area contributed by atoms with Gasteiger partial charge in [0.2, 0.25) is 0 Å². The molecule has 88 valence electrons. The Labute approximate surface area is 91.8 Å². The zero-order chi connectivity index (χ0) is 10.5. The van der Waals surface area contributed by atoms with Gasteiger partial charge in [-0.15, -0.1) is 0 Å². The first-order chi connectivity index (χ1) is 7.38. The Hall–Kier alpha value is -0.120. The zero-order valence-corrected chi connectivity index (χ0v) is 9.36. The molecular weight excluding hydrogens is 192 g/mol. The second-order valence-corrected chi connectivity index (χ2v) is 4.77. The summed E-state index contributed by atoms with van der Waals surface area (Å²) in [5.74, 6) is 0.451. The molecule has 3 heteroatoms. The highest BCUT2D eigenvalue weighted by molar-refractivity contribution is 4.73. The van der Waals surface area contributed by atoms with Crippen LogP contribution >= 0.6 is 0 Å². The summed E-state index contributed by atoms with van der Waals surface area (Å²) in [6, 6.07) is 0. The van der Waals surface area contributed by atoms with E-state index in [0.717, 1.165) is 32.3 Å². The predicted octanol–water partition coefficient (Wildman–Crippen LogP) is 2.08. The summed E-state index contributed by atoms with van der Waals surface area (Å²) >= 11 is 0. The highest BCUT2D eigenvalue weighted by Gasteiger charge is 2.25. The van der Waals surface area contributed by atoms with Crippen LogP contribution in [-0.2, 0) is 9.47 Å². The molecule has 1 unspecified atom stereocenters. The van der Waals surface area contributed by atoms with E-state index in [1.165, 1.54) is 19.3 Å². The van der Waals surface area contributed by atoms with Crippen LogP contribution in [0.4, 0.5) is 0 Å². The number of hydrogen-bond acceptors (Lipinski definition) is 3. The lowest BCUT2D eigenvalue weighted by atomic mass is 9.88. The van der Waals surface area contributed by atoms with E-state index < -0.39 is 0 Å². The van der Waals surface area contributed by atoms with Gasteiger partial charge in [-0.1, -0.05) is 6.42 Å². The van der Waals surface area contributed by atoms with E-state index in [-0.39, 0.29) is 6.29 Å². The summed E-state index contributed by atoms with van der Waals surface area (Å²) in [6.45, 7) is 1.16. The van der Waals surface area contributed by atoms with Crippen LogP contribution in [0.25, 0.3) is 0 Å². The summed E-state index contributed by atoms with van der Waals surface area (Å²) in [5, 5.41) is 9.13. The first-order valence-corrected chi connectivity index (χ1v) is 6.26. The molecule has 0 bridgehead atoms. The van der Waals surface area contributed by atoms with Gasteiger partial charge in [0.25, 0.3) is 0 Å². The van der Waals surface area contributed by atoms with Gasteiger partial charge in [-0.25, -0.2) is 0 Å². The van der Waals surface area contributed by atoms with E-state index in [1.807, 2.05) is 0 Å². The summed E-state index contributed by atoms with van der Waals surface area (Å²) in [6.07, 6.45) is 8.27. The lowest BCUT2D eigenvalue weighted by Crippen LogP contribution is -2.32. The van der Waals surface area contributed by atoms with Gasteiger partial charge >= 0.3 is 0 Å². The fraction of sp³-hybridized carbons (Fsp3) is 1.00. The van der Waals surface area contributed by atoms with Crippen LogP contribution in [-0.4, -0.2) is 30.7 Å². The fourth-order valence-electron chi connectivity index (χ4n) is 2.56. The molecule has 0 amide bonds. The van der Waals surface area contributed by atoms with Gasteiger partial charge in [0.1, 0.15) is 0 Å². The highest BCUT2D eigenvalue weighted by atomic mass is 16.7. The van der Waals surface area contributed by atoms with Crippen LogP contribution in [0.2, 0.25) is 0 Å². The molecule has 2 rings (SSSR count). The average molecular weight is 214 g/mol. The third-order valence-corrected chi connectivity index (χ3v) is 3.48. The molecule has 1 saturated heterocycles. The van der Waals surface area contributed by atoms with Crippen molar-refractivity contribution in [3.8, 4) is 0 Å². The second kappa shape index (κ2) is 5.83. The van der Waals surface area contributed by atoms with Gasteiger partial charge in [0.15, 0.2) is 6.29 Å². The number of rotatable bonds is 3. The first kappa shape index (κ1) is 11.4. The Bertz CT molecular complexity index is 178. The first-order valence-electron chi connectivity index (χ1n) is 6.26. The van der Waals surface area contributed by atoms with E-state index in [0.29, 0.717) is 18.6 Å². The van der Waals surface area contributed by atoms with Crippen LogP contribution < -0.4 is 0 Å². The molecule has 0 aromatic heterocycles. The minimum atomic E-state index is 0.0289. The molecule has 2 fully saturated rings. The standard InChI is InChI=1S/C12H22O3/c13-9-10-4-3-5-11(8-10)15-12-6-1-2-7-14-12/h10-13H,1-9H2/t10-,11+,12?/m1/s1. The Balaban J connectivity index is 1.72. The van der Waals surface area contributed by atoms with Crippen molar-refractivity contribution in [1.29, 1.82) is 0 Å². The smallest absolute Gasteiger partial charge is 0.157 e. The van der Waals surface area contributed by atoms with Gasteiger partial charge in [0, 0.05) is 13.2 Å². The van der Waals surface area contributed by atoms with Gasteiger partial charge in [0.05, 0.1) is 6.10 Å². The molecule has 1 aliphatic carbocycles. The number of hydrogen-bond donors (Lipinski definition) is 1. The van der Waals surface area contributed by atoms with Crippen molar-refractivity contribution >= 4 is 0 Å². The lowest BCUT2D eigenvalue weighted by molar-refractivity contribution is -0.196. The van der Waals surface area contributed by atoms with E-state index in [9.17, 15) is 0 Å². The summed E-state index contributed by atoms with van der Waals surface area (Å²) in [7, 11) is 0. The Morgan fingerprint density at radius 3 is 2.80 bits per heavy atom. The SMILES string of the molecule is OC[C@@H]1CCC[C@H](OC2CCCCO2)C1.